The topological polar surface area (TPSA) is 23.5 Å². The third-order valence-corrected chi connectivity index (χ3v) is 12.3. The van der Waals surface area contributed by atoms with Crippen molar-refractivity contribution in [3.05, 3.63) is 11.6 Å². The van der Waals surface area contributed by atoms with Gasteiger partial charge in [0, 0.05) is 36.6 Å². The van der Waals surface area contributed by atoms with E-state index in [1.54, 1.807) is 5.57 Å². The molecule has 5 aliphatic rings. The van der Waals surface area contributed by atoms with Crippen LogP contribution < -0.4 is 0 Å². The number of aliphatic hydroxyl groups excluding tert-OH is 1. The maximum atomic E-state index is 10.8. The Morgan fingerprint density at radius 3 is 2.52 bits per heavy atom. The molecule has 0 bridgehead atoms. The molecule has 0 aromatic carbocycles. The predicted octanol–water partition coefficient (Wildman–Crippen LogP) is 6.25. The molecule has 31 heavy (non-hydrogen) atoms. The molecule has 0 spiro atoms. The van der Waals surface area contributed by atoms with E-state index in [9.17, 15) is 5.11 Å². The molecule has 2 nitrogen and oxygen atoms in total. The van der Waals surface area contributed by atoms with Crippen LogP contribution in [0.1, 0.15) is 79.6 Å². The number of aliphatic hydroxyl groups is 1. The van der Waals surface area contributed by atoms with E-state index in [4.69, 9.17) is 0 Å². The Labute approximate surface area is 196 Å². The zero-order valence-corrected chi connectivity index (χ0v) is 21.6. The van der Waals surface area contributed by atoms with Crippen LogP contribution in [0.5, 0.6) is 0 Å². The number of nitrogens with zero attached hydrogens (tertiary/aromatic N) is 1. The van der Waals surface area contributed by atoms with Gasteiger partial charge in [-0.1, -0.05) is 46.3 Å². The first kappa shape index (κ1) is 22.8. The summed E-state index contributed by atoms with van der Waals surface area (Å²) in [5, 5.41) is 10.8. The largest absolute Gasteiger partial charge is 0.392 e. The smallest absolute Gasteiger partial charge is 0.0628 e. The summed E-state index contributed by atoms with van der Waals surface area (Å²) in [6.45, 7) is 16.4. The van der Waals surface area contributed by atoms with E-state index in [1.807, 2.05) is 0 Å². The van der Waals surface area contributed by atoms with E-state index in [0.29, 0.717) is 10.8 Å². The second-order valence-electron chi connectivity index (χ2n) is 13.0. The van der Waals surface area contributed by atoms with Crippen molar-refractivity contribution in [3.63, 3.8) is 0 Å². The molecule has 0 radical (unpaired) electrons. The molecule has 5 rings (SSSR count). The standard InChI is InChI=1S/C28H47NOS/c1-19(18-29-14-16-31-17-15-29)21-7-8-22-20-6-9-24-26(2,3)25(30)11-13-28(24,5)23(20)10-12-27(21,22)4/h9,19-23,25,30H,6-8,10-18H2,1-5H3/t19-,20?,21-,22?,23?,25+,27-,28-/m1/s1. The van der Waals surface area contributed by atoms with E-state index >= 15 is 0 Å². The molecule has 1 heterocycles. The quantitative estimate of drug-likeness (QED) is 0.520. The van der Waals surface area contributed by atoms with E-state index in [1.165, 1.54) is 69.7 Å². The van der Waals surface area contributed by atoms with Crippen molar-refractivity contribution in [2.24, 2.45) is 45.8 Å². The molecule has 4 fully saturated rings. The average molecular weight is 446 g/mol. The molecular formula is C28H47NOS. The second-order valence-corrected chi connectivity index (χ2v) is 14.3. The Balaban J connectivity index is 1.36. The molecule has 0 amide bonds. The Morgan fingerprint density at radius 2 is 1.77 bits per heavy atom. The Bertz CT molecular complexity index is 712. The second kappa shape index (κ2) is 8.05. The molecule has 1 saturated heterocycles. The molecule has 1 aliphatic heterocycles. The normalized spacial score (nSPS) is 48.3. The summed E-state index contributed by atoms with van der Waals surface area (Å²) < 4.78 is 0. The molecule has 1 N–H and O–H groups in total. The Morgan fingerprint density at radius 1 is 1.03 bits per heavy atom. The summed E-state index contributed by atoms with van der Waals surface area (Å²) in [7, 11) is 0. The summed E-state index contributed by atoms with van der Waals surface area (Å²) >= 11 is 2.13. The van der Waals surface area contributed by atoms with Crippen LogP contribution in [0.25, 0.3) is 0 Å². The lowest BCUT2D eigenvalue weighted by Crippen LogP contribution is -2.54. The van der Waals surface area contributed by atoms with Crippen LogP contribution in [-0.4, -0.2) is 47.3 Å². The van der Waals surface area contributed by atoms with Gasteiger partial charge in [-0.15, -0.1) is 0 Å². The highest BCUT2D eigenvalue weighted by molar-refractivity contribution is 7.99. The zero-order chi connectivity index (χ0) is 22.0. The van der Waals surface area contributed by atoms with Gasteiger partial charge in [0.15, 0.2) is 0 Å². The van der Waals surface area contributed by atoms with Crippen molar-refractivity contribution >= 4 is 11.8 Å². The minimum atomic E-state index is -0.165. The summed E-state index contributed by atoms with van der Waals surface area (Å²) in [4.78, 5) is 2.76. The predicted molar refractivity (Wildman–Crippen MR) is 133 cm³/mol. The van der Waals surface area contributed by atoms with E-state index in [2.05, 4.69) is 57.4 Å². The fourth-order valence-electron chi connectivity index (χ4n) is 9.68. The molecule has 176 valence electrons. The Hall–Kier alpha value is 0.01000. The van der Waals surface area contributed by atoms with Gasteiger partial charge in [0.25, 0.3) is 0 Å². The molecule has 3 saturated carbocycles. The minimum absolute atomic E-state index is 0.0435. The van der Waals surface area contributed by atoms with Gasteiger partial charge in [0.2, 0.25) is 0 Å². The van der Waals surface area contributed by atoms with Gasteiger partial charge in [0.05, 0.1) is 6.10 Å². The lowest BCUT2D eigenvalue weighted by molar-refractivity contribution is -0.0788. The maximum absolute atomic E-state index is 10.8. The van der Waals surface area contributed by atoms with Gasteiger partial charge in [-0.05, 0) is 85.4 Å². The third-order valence-electron chi connectivity index (χ3n) is 11.3. The van der Waals surface area contributed by atoms with Crippen LogP contribution >= 0.6 is 11.8 Å². The number of hydrogen-bond acceptors (Lipinski definition) is 3. The van der Waals surface area contributed by atoms with Crippen LogP contribution in [0.3, 0.4) is 0 Å². The van der Waals surface area contributed by atoms with E-state index < -0.39 is 0 Å². The molecular weight excluding hydrogens is 398 g/mol. The number of thioether (sulfide) groups is 1. The van der Waals surface area contributed by atoms with Crippen LogP contribution in [0, 0.1) is 45.8 Å². The van der Waals surface area contributed by atoms with Gasteiger partial charge >= 0.3 is 0 Å². The van der Waals surface area contributed by atoms with Crippen molar-refractivity contribution in [2.75, 3.05) is 31.1 Å². The SMILES string of the molecule is C[C@H](CN1CCSCC1)[C@H]1CCC2C3CC=C4C(C)(C)[C@@H](O)CC[C@]4(C)C3CC[C@@]21C. The van der Waals surface area contributed by atoms with Crippen molar-refractivity contribution in [1.29, 1.82) is 0 Å². The van der Waals surface area contributed by atoms with E-state index in [-0.39, 0.29) is 11.5 Å². The van der Waals surface area contributed by atoms with Gasteiger partial charge in [-0.3, -0.25) is 0 Å². The monoisotopic (exact) mass is 445 g/mol. The van der Waals surface area contributed by atoms with Crippen LogP contribution in [0.15, 0.2) is 11.6 Å². The molecule has 3 heteroatoms. The van der Waals surface area contributed by atoms with Gasteiger partial charge in [-0.25, -0.2) is 0 Å². The first-order chi connectivity index (χ1) is 14.7. The van der Waals surface area contributed by atoms with Crippen molar-refractivity contribution in [3.8, 4) is 0 Å². The maximum Gasteiger partial charge on any atom is 0.0628 e. The highest BCUT2D eigenvalue weighted by Crippen LogP contribution is 2.68. The van der Waals surface area contributed by atoms with Crippen molar-refractivity contribution in [1.82, 2.24) is 4.90 Å². The summed E-state index contributed by atoms with van der Waals surface area (Å²) in [5.74, 6) is 7.05. The van der Waals surface area contributed by atoms with Crippen LogP contribution in [-0.2, 0) is 0 Å². The molecule has 3 unspecified atom stereocenters. The highest BCUT2D eigenvalue weighted by Gasteiger charge is 2.61. The number of rotatable bonds is 3. The summed E-state index contributed by atoms with van der Waals surface area (Å²) in [5.41, 5.74) is 2.44. The van der Waals surface area contributed by atoms with Crippen molar-refractivity contribution in [2.45, 2.75) is 85.7 Å². The summed E-state index contributed by atoms with van der Waals surface area (Å²) in [6.07, 6.45) is 11.7. The van der Waals surface area contributed by atoms with Gasteiger partial charge in [-0.2, -0.15) is 11.8 Å². The fraction of sp³-hybridized carbons (Fsp3) is 0.929. The molecule has 4 aliphatic carbocycles. The molecule has 0 aromatic rings. The van der Waals surface area contributed by atoms with Crippen LogP contribution in [0.4, 0.5) is 0 Å². The first-order valence-corrected chi connectivity index (χ1v) is 14.5. The number of hydrogen-bond donors (Lipinski definition) is 1. The highest BCUT2D eigenvalue weighted by atomic mass is 32.2. The number of fused-ring (bicyclic) bond motifs is 5. The minimum Gasteiger partial charge on any atom is -0.392 e. The average Bonchev–Trinajstić information content (AvgIpc) is 3.09. The molecule has 0 aromatic heterocycles. The Kier molecular flexibility index (Phi) is 5.92. The summed E-state index contributed by atoms with van der Waals surface area (Å²) in [6, 6.07) is 0. The lowest BCUT2D eigenvalue weighted by Gasteiger charge is -2.61. The number of allylic oxidation sites excluding steroid dienone is 1. The third kappa shape index (κ3) is 3.50. The first-order valence-electron chi connectivity index (χ1n) is 13.4. The van der Waals surface area contributed by atoms with Gasteiger partial charge < -0.3 is 10.0 Å². The van der Waals surface area contributed by atoms with Crippen molar-refractivity contribution < 1.29 is 5.11 Å². The van der Waals surface area contributed by atoms with E-state index in [0.717, 1.165) is 36.0 Å². The van der Waals surface area contributed by atoms with Crippen LogP contribution in [0.2, 0.25) is 0 Å². The van der Waals surface area contributed by atoms with Gasteiger partial charge in [0.1, 0.15) is 0 Å². The fourth-order valence-corrected chi connectivity index (χ4v) is 10.7. The zero-order valence-electron chi connectivity index (χ0n) is 20.8. The molecule has 8 atom stereocenters. The lowest BCUT2D eigenvalue weighted by atomic mass is 9.44.